The Morgan fingerprint density at radius 1 is 1.26 bits per heavy atom. The first-order chi connectivity index (χ1) is 10.7. The topological polar surface area (TPSA) is 95.5 Å². The Labute approximate surface area is 138 Å². The summed E-state index contributed by atoms with van der Waals surface area (Å²) in [6, 6.07) is 7.90. The van der Waals surface area contributed by atoms with Crippen LogP contribution in [0.15, 0.2) is 41.3 Å². The van der Waals surface area contributed by atoms with Gasteiger partial charge in [0.05, 0.1) is 23.7 Å². The quantitative estimate of drug-likeness (QED) is 0.883. The van der Waals surface area contributed by atoms with E-state index in [1.54, 1.807) is 6.92 Å². The van der Waals surface area contributed by atoms with Crippen LogP contribution >= 0.6 is 11.6 Å². The van der Waals surface area contributed by atoms with E-state index in [4.69, 9.17) is 16.3 Å². The van der Waals surface area contributed by atoms with Crippen molar-refractivity contribution < 1.29 is 23.1 Å². The lowest BCUT2D eigenvalue weighted by Crippen LogP contribution is -2.23. The molecule has 2 rings (SSSR count). The van der Waals surface area contributed by atoms with E-state index < -0.39 is 16.0 Å². The molecule has 0 aliphatic rings. The number of hydrogen-bond donors (Lipinski definition) is 1. The number of hydrogen-bond acceptors (Lipinski definition) is 5. The third-order valence-electron chi connectivity index (χ3n) is 3.11. The highest BCUT2D eigenvalue weighted by atomic mass is 35.5. The Morgan fingerprint density at radius 3 is 2.57 bits per heavy atom. The highest BCUT2D eigenvalue weighted by molar-refractivity contribution is 7.92. The first-order valence-electron chi connectivity index (χ1n) is 6.43. The van der Waals surface area contributed by atoms with E-state index in [0.29, 0.717) is 10.6 Å². The molecule has 0 unspecified atom stereocenters. The number of nitrogens with one attached hydrogen (secondary N) is 1. The first-order valence-corrected chi connectivity index (χ1v) is 8.29. The number of carboxylic acid groups (broad SMARTS) is 1. The molecule has 2 aromatic carbocycles. The lowest BCUT2D eigenvalue weighted by molar-refractivity contribution is -0.255. The summed E-state index contributed by atoms with van der Waals surface area (Å²) >= 11 is 5.98. The summed E-state index contributed by atoms with van der Waals surface area (Å²) in [5, 5.41) is 11.3. The third kappa shape index (κ3) is 3.75. The number of sulfonamides is 1. The van der Waals surface area contributed by atoms with Crippen LogP contribution in [0, 0.1) is 6.92 Å². The van der Waals surface area contributed by atoms with Gasteiger partial charge in [-0.15, -0.1) is 0 Å². The van der Waals surface area contributed by atoms with E-state index >= 15 is 0 Å². The molecule has 8 heteroatoms. The number of benzene rings is 2. The maximum Gasteiger partial charge on any atom is 0.262 e. The van der Waals surface area contributed by atoms with Crippen LogP contribution in [-0.2, 0) is 10.0 Å². The summed E-state index contributed by atoms with van der Waals surface area (Å²) in [5.74, 6) is -1.21. The second-order valence-corrected chi connectivity index (χ2v) is 6.81. The molecule has 0 aromatic heterocycles. The molecule has 6 nitrogen and oxygen atoms in total. The van der Waals surface area contributed by atoms with Crippen molar-refractivity contribution in [2.24, 2.45) is 0 Å². The Balaban J connectivity index is 2.45. The van der Waals surface area contributed by atoms with Crippen molar-refractivity contribution in [3.8, 4) is 5.75 Å². The van der Waals surface area contributed by atoms with Gasteiger partial charge in [-0.05, 0) is 36.2 Å². The van der Waals surface area contributed by atoms with Crippen molar-refractivity contribution in [1.29, 1.82) is 0 Å². The molecule has 0 aliphatic carbocycles. The number of carboxylic acids is 1. The highest BCUT2D eigenvalue weighted by Crippen LogP contribution is 2.32. The molecular formula is C15H13ClNO5S-. The first kappa shape index (κ1) is 17.1. The summed E-state index contributed by atoms with van der Waals surface area (Å²) in [7, 11) is -2.61. The molecule has 0 saturated carbocycles. The second kappa shape index (κ2) is 6.47. The van der Waals surface area contributed by atoms with E-state index in [9.17, 15) is 18.3 Å². The van der Waals surface area contributed by atoms with Crippen molar-refractivity contribution >= 4 is 33.3 Å². The van der Waals surface area contributed by atoms with Crippen LogP contribution < -0.4 is 14.6 Å². The minimum atomic E-state index is -4.00. The molecule has 0 aliphatic heterocycles. The van der Waals surface area contributed by atoms with Gasteiger partial charge in [0.1, 0.15) is 5.75 Å². The Kier molecular flexibility index (Phi) is 4.82. The number of carbonyl (C=O) groups excluding carboxylic acids is 1. The number of aromatic carboxylic acids is 1. The van der Waals surface area contributed by atoms with Gasteiger partial charge in [-0.3, -0.25) is 4.72 Å². The van der Waals surface area contributed by atoms with Gasteiger partial charge in [-0.2, -0.15) is 0 Å². The molecule has 1 N–H and O–H groups in total. The predicted octanol–water partition coefficient (Wildman–Crippen LogP) is 1.82. The SMILES string of the molecule is COc1cc(Cl)c(C)cc1NS(=O)(=O)c1cccc(C(=O)[O-])c1. The fraction of sp³-hybridized carbons (Fsp3) is 0.133. The number of halogens is 1. The van der Waals surface area contributed by atoms with Crippen LogP contribution in [-0.4, -0.2) is 21.5 Å². The minimum absolute atomic E-state index is 0.200. The number of methoxy groups -OCH3 is 1. The van der Waals surface area contributed by atoms with Crippen molar-refractivity contribution in [3.05, 3.63) is 52.5 Å². The lowest BCUT2D eigenvalue weighted by Gasteiger charge is -2.14. The molecule has 2 aromatic rings. The highest BCUT2D eigenvalue weighted by Gasteiger charge is 2.18. The zero-order chi connectivity index (χ0) is 17.2. The molecule has 0 saturated heterocycles. The van der Waals surface area contributed by atoms with Crippen LogP contribution in [0.4, 0.5) is 5.69 Å². The van der Waals surface area contributed by atoms with Gasteiger partial charge in [0.2, 0.25) is 0 Å². The van der Waals surface area contributed by atoms with Gasteiger partial charge >= 0.3 is 0 Å². The maximum atomic E-state index is 12.4. The second-order valence-electron chi connectivity index (χ2n) is 4.72. The van der Waals surface area contributed by atoms with Crippen molar-refractivity contribution in [3.63, 3.8) is 0 Å². The Hall–Kier alpha value is -2.25. The molecule has 23 heavy (non-hydrogen) atoms. The van der Waals surface area contributed by atoms with E-state index in [-0.39, 0.29) is 21.9 Å². The van der Waals surface area contributed by atoms with Gasteiger partial charge in [0.15, 0.2) is 0 Å². The number of rotatable bonds is 5. The van der Waals surface area contributed by atoms with E-state index in [0.717, 1.165) is 6.07 Å². The monoisotopic (exact) mass is 354 g/mol. The molecule has 0 bridgehead atoms. The fourth-order valence-electron chi connectivity index (χ4n) is 1.91. The van der Waals surface area contributed by atoms with E-state index in [1.165, 1.54) is 37.4 Å². The van der Waals surface area contributed by atoms with Crippen LogP contribution in [0.25, 0.3) is 0 Å². The van der Waals surface area contributed by atoms with Crippen LogP contribution in [0.2, 0.25) is 5.02 Å². The number of carbonyl (C=O) groups is 1. The summed E-state index contributed by atoms with van der Waals surface area (Å²) in [5.41, 5.74) is 0.633. The number of aryl methyl sites for hydroxylation is 1. The van der Waals surface area contributed by atoms with Gasteiger partial charge in [0.25, 0.3) is 10.0 Å². The summed E-state index contributed by atoms with van der Waals surface area (Å²) in [6.45, 7) is 1.72. The minimum Gasteiger partial charge on any atom is -0.545 e. The lowest BCUT2D eigenvalue weighted by atomic mass is 10.2. The molecule has 0 atom stereocenters. The maximum absolute atomic E-state index is 12.4. The zero-order valence-electron chi connectivity index (χ0n) is 12.3. The van der Waals surface area contributed by atoms with Gasteiger partial charge < -0.3 is 14.6 Å². The third-order valence-corrected chi connectivity index (χ3v) is 4.88. The predicted molar refractivity (Wildman–Crippen MR) is 84.3 cm³/mol. The smallest absolute Gasteiger partial charge is 0.262 e. The average Bonchev–Trinajstić information content (AvgIpc) is 2.50. The summed E-state index contributed by atoms with van der Waals surface area (Å²) in [4.78, 5) is 10.7. The molecular weight excluding hydrogens is 342 g/mol. The van der Waals surface area contributed by atoms with Crippen LogP contribution in [0.5, 0.6) is 5.75 Å². The van der Waals surface area contributed by atoms with Crippen LogP contribution in [0.3, 0.4) is 0 Å². The molecule has 122 valence electrons. The normalized spacial score (nSPS) is 11.1. The van der Waals surface area contributed by atoms with Crippen LogP contribution in [0.1, 0.15) is 15.9 Å². The standard InChI is InChI=1S/C15H14ClNO5S/c1-9-6-13(14(22-2)8-12(9)16)17-23(20,21)11-5-3-4-10(7-11)15(18)19/h3-8,17H,1-2H3,(H,18,19)/p-1. The molecule has 0 heterocycles. The molecule has 0 radical (unpaired) electrons. The number of anilines is 1. The average molecular weight is 355 g/mol. The van der Waals surface area contributed by atoms with Gasteiger partial charge in [0, 0.05) is 11.1 Å². The molecule has 0 spiro atoms. The summed E-state index contributed by atoms with van der Waals surface area (Å²) in [6.07, 6.45) is 0. The van der Waals surface area contributed by atoms with E-state index in [1.807, 2.05) is 0 Å². The van der Waals surface area contributed by atoms with Crippen molar-refractivity contribution in [1.82, 2.24) is 0 Å². The summed E-state index contributed by atoms with van der Waals surface area (Å²) < 4.78 is 32.3. The largest absolute Gasteiger partial charge is 0.545 e. The molecule has 0 amide bonds. The van der Waals surface area contributed by atoms with Gasteiger partial charge in [-0.1, -0.05) is 23.7 Å². The van der Waals surface area contributed by atoms with Gasteiger partial charge in [-0.25, -0.2) is 8.42 Å². The Bertz CT molecular complexity index is 864. The fourth-order valence-corrected chi connectivity index (χ4v) is 3.17. The Morgan fingerprint density at radius 2 is 1.96 bits per heavy atom. The number of ether oxygens (including phenoxy) is 1. The zero-order valence-corrected chi connectivity index (χ0v) is 13.9. The van der Waals surface area contributed by atoms with Crippen molar-refractivity contribution in [2.75, 3.05) is 11.8 Å². The molecule has 0 fully saturated rings. The van der Waals surface area contributed by atoms with E-state index in [2.05, 4.69) is 4.72 Å². The van der Waals surface area contributed by atoms with Crippen molar-refractivity contribution in [2.45, 2.75) is 11.8 Å².